The number of anilines is 1. The van der Waals surface area contributed by atoms with Gasteiger partial charge < -0.3 is 15.2 Å². The van der Waals surface area contributed by atoms with E-state index in [1.54, 1.807) is 20.1 Å². The van der Waals surface area contributed by atoms with E-state index in [-0.39, 0.29) is 5.91 Å². The predicted octanol–water partition coefficient (Wildman–Crippen LogP) is 3.69. The van der Waals surface area contributed by atoms with E-state index >= 15 is 0 Å². The second kappa shape index (κ2) is 9.20. The fraction of sp³-hybridized carbons (Fsp3) is 0.190. The van der Waals surface area contributed by atoms with Crippen LogP contribution in [0.3, 0.4) is 0 Å². The van der Waals surface area contributed by atoms with Gasteiger partial charge in [0.05, 0.1) is 19.0 Å². The van der Waals surface area contributed by atoms with Crippen molar-refractivity contribution in [3.63, 3.8) is 0 Å². The Kier molecular flexibility index (Phi) is 6.46. The lowest BCUT2D eigenvalue weighted by molar-refractivity contribution is 0.0958. The van der Waals surface area contributed by atoms with Gasteiger partial charge in [0.25, 0.3) is 5.91 Å². The maximum Gasteiger partial charge on any atom is 0.283 e. The summed E-state index contributed by atoms with van der Waals surface area (Å²) in [5.74, 6) is 0.864. The zero-order chi connectivity index (χ0) is 20.8. The highest BCUT2D eigenvalue weighted by Gasteiger charge is 2.13. The van der Waals surface area contributed by atoms with Crippen molar-refractivity contribution < 1.29 is 14.3 Å². The molecule has 0 atom stereocenters. The van der Waals surface area contributed by atoms with Crippen LogP contribution in [0.15, 0.2) is 47.6 Å². The van der Waals surface area contributed by atoms with E-state index in [0.717, 1.165) is 22.5 Å². The number of hydrogen-bond acceptors (Lipinski definition) is 7. The molecule has 0 radical (unpaired) electrons. The van der Waals surface area contributed by atoms with Gasteiger partial charge in [0, 0.05) is 0 Å². The normalized spacial score (nSPS) is 10.9. The van der Waals surface area contributed by atoms with Crippen molar-refractivity contribution in [2.24, 2.45) is 5.10 Å². The molecular formula is C21H22N4O3S. The van der Waals surface area contributed by atoms with Crippen LogP contribution in [-0.2, 0) is 6.61 Å². The van der Waals surface area contributed by atoms with Crippen LogP contribution in [0.1, 0.15) is 32.1 Å². The first kappa shape index (κ1) is 20.3. The SMILES string of the molecule is COc1cc(/C=N\NC(=O)c2sc(N)nc2C)ccc1OCc1cccc(C)c1. The summed E-state index contributed by atoms with van der Waals surface area (Å²) in [6, 6.07) is 13.6. The van der Waals surface area contributed by atoms with Crippen molar-refractivity contribution in [2.45, 2.75) is 20.5 Å². The van der Waals surface area contributed by atoms with Crippen LogP contribution in [0.25, 0.3) is 0 Å². The molecule has 29 heavy (non-hydrogen) atoms. The number of carbonyl (C=O) groups is 1. The van der Waals surface area contributed by atoms with Crippen LogP contribution in [-0.4, -0.2) is 24.2 Å². The van der Waals surface area contributed by atoms with Gasteiger partial charge in [-0.2, -0.15) is 5.10 Å². The zero-order valence-corrected chi connectivity index (χ0v) is 17.2. The molecule has 0 saturated heterocycles. The Morgan fingerprint density at radius 2 is 2.07 bits per heavy atom. The van der Waals surface area contributed by atoms with E-state index in [2.05, 4.69) is 21.6 Å². The maximum absolute atomic E-state index is 12.1. The summed E-state index contributed by atoms with van der Waals surface area (Å²) in [7, 11) is 1.58. The van der Waals surface area contributed by atoms with Gasteiger partial charge in [0.2, 0.25) is 0 Å². The molecule has 3 N–H and O–H groups in total. The van der Waals surface area contributed by atoms with E-state index in [4.69, 9.17) is 15.2 Å². The predicted molar refractivity (Wildman–Crippen MR) is 115 cm³/mol. The number of hydrogen-bond donors (Lipinski definition) is 2. The Hall–Kier alpha value is -3.39. The molecule has 1 amide bonds. The number of amides is 1. The fourth-order valence-corrected chi connectivity index (χ4v) is 3.41. The Labute approximate surface area is 173 Å². The maximum atomic E-state index is 12.1. The van der Waals surface area contributed by atoms with Gasteiger partial charge in [-0.25, -0.2) is 10.4 Å². The monoisotopic (exact) mass is 410 g/mol. The van der Waals surface area contributed by atoms with E-state index in [1.165, 1.54) is 11.8 Å². The van der Waals surface area contributed by atoms with E-state index in [1.807, 2.05) is 37.3 Å². The number of nitrogens with one attached hydrogen (secondary N) is 1. The highest BCUT2D eigenvalue weighted by Crippen LogP contribution is 2.28. The topological polar surface area (TPSA) is 98.8 Å². The third kappa shape index (κ3) is 5.32. The number of nitrogens with two attached hydrogens (primary N) is 1. The van der Waals surface area contributed by atoms with Crippen LogP contribution in [0, 0.1) is 13.8 Å². The Balaban J connectivity index is 1.64. The second-order valence-electron chi connectivity index (χ2n) is 6.35. The highest BCUT2D eigenvalue weighted by atomic mass is 32.1. The molecule has 0 bridgehead atoms. The molecule has 1 aromatic heterocycles. The van der Waals surface area contributed by atoms with Crippen molar-refractivity contribution in [2.75, 3.05) is 12.8 Å². The number of benzene rings is 2. The van der Waals surface area contributed by atoms with Gasteiger partial charge in [-0.15, -0.1) is 0 Å². The molecule has 2 aromatic carbocycles. The van der Waals surface area contributed by atoms with Crippen LogP contribution in [0.5, 0.6) is 11.5 Å². The van der Waals surface area contributed by atoms with E-state index in [9.17, 15) is 4.79 Å². The highest BCUT2D eigenvalue weighted by molar-refractivity contribution is 7.17. The molecule has 0 spiro atoms. The first-order chi connectivity index (χ1) is 14.0. The standard InChI is InChI=1S/C21H22N4O3S/c1-13-5-4-6-16(9-13)12-28-17-8-7-15(10-18(17)27-3)11-23-25-20(26)19-14(2)24-21(22)29-19/h4-11H,12H2,1-3H3,(H2,22,24)(H,25,26)/b23-11-. The molecule has 7 nitrogen and oxygen atoms in total. The molecule has 0 unspecified atom stereocenters. The number of carbonyl (C=O) groups excluding carboxylic acids is 1. The van der Waals surface area contributed by atoms with Gasteiger partial charge in [-0.3, -0.25) is 4.79 Å². The Morgan fingerprint density at radius 1 is 1.24 bits per heavy atom. The van der Waals surface area contributed by atoms with Crippen LogP contribution in [0.4, 0.5) is 5.13 Å². The number of rotatable bonds is 7. The number of ether oxygens (including phenoxy) is 2. The van der Waals surface area contributed by atoms with Crippen molar-refractivity contribution in [1.82, 2.24) is 10.4 Å². The second-order valence-corrected chi connectivity index (χ2v) is 7.38. The van der Waals surface area contributed by atoms with Gasteiger partial charge in [-0.05, 0) is 43.2 Å². The lowest BCUT2D eigenvalue weighted by atomic mass is 10.1. The summed E-state index contributed by atoms with van der Waals surface area (Å²) < 4.78 is 11.3. The number of hydrazone groups is 1. The lowest BCUT2D eigenvalue weighted by Crippen LogP contribution is -2.17. The summed E-state index contributed by atoms with van der Waals surface area (Å²) in [6.07, 6.45) is 1.53. The van der Waals surface area contributed by atoms with Crippen LogP contribution < -0.4 is 20.6 Å². The third-order valence-corrected chi connectivity index (χ3v) is 5.05. The van der Waals surface area contributed by atoms with Crippen molar-refractivity contribution >= 4 is 28.6 Å². The number of methoxy groups -OCH3 is 1. The number of thiazole rings is 1. The first-order valence-electron chi connectivity index (χ1n) is 8.89. The van der Waals surface area contributed by atoms with Gasteiger partial charge in [0.1, 0.15) is 11.5 Å². The molecule has 0 fully saturated rings. The average molecular weight is 410 g/mol. The minimum absolute atomic E-state index is 0.349. The lowest BCUT2D eigenvalue weighted by Gasteiger charge is -2.11. The van der Waals surface area contributed by atoms with E-state index < -0.39 is 0 Å². The molecule has 3 aromatic rings. The summed E-state index contributed by atoms with van der Waals surface area (Å²) in [6.45, 7) is 4.22. The van der Waals surface area contributed by atoms with Crippen LogP contribution >= 0.6 is 11.3 Å². The molecular weight excluding hydrogens is 388 g/mol. The molecule has 150 valence electrons. The minimum atomic E-state index is -0.349. The van der Waals surface area contributed by atoms with Crippen molar-refractivity contribution in [1.29, 1.82) is 0 Å². The number of nitrogen functional groups attached to an aromatic ring is 1. The van der Waals surface area contributed by atoms with Crippen molar-refractivity contribution in [3.8, 4) is 11.5 Å². The molecule has 3 rings (SSSR count). The Morgan fingerprint density at radius 3 is 2.76 bits per heavy atom. The smallest absolute Gasteiger partial charge is 0.283 e. The third-order valence-electron chi connectivity index (χ3n) is 4.06. The molecule has 0 aliphatic rings. The summed E-state index contributed by atoms with van der Waals surface area (Å²) in [5, 5.41) is 4.34. The molecule has 8 heteroatoms. The molecule has 0 aliphatic carbocycles. The molecule has 0 saturated carbocycles. The summed E-state index contributed by atoms with van der Waals surface area (Å²) >= 11 is 1.13. The van der Waals surface area contributed by atoms with Gasteiger partial charge in [0.15, 0.2) is 16.6 Å². The fourth-order valence-electron chi connectivity index (χ4n) is 2.69. The van der Waals surface area contributed by atoms with Gasteiger partial charge >= 0.3 is 0 Å². The van der Waals surface area contributed by atoms with Gasteiger partial charge in [-0.1, -0.05) is 41.2 Å². The first-order valence-corrected chi connectivity index (χ1v) is 9.70. The minimum Gasteiger partial charge on any atom is -0.493 e. The van der Waals surface area contributed by atoms with E-state index in [0.29, 0.717) is 33.8 Å². The molecule has 0 aliphatic heterocycles. The average Bonchev–Trinajstić information content (AvgIpc) is 3.05. The van der Waals surface area contributed by atoms with Crippen molar-refractivity contribution in [3.05, 3.63) is 69.7 Å². The Bertz CT molecular complexity index is 1050. The largest absolute Gasteiger partial charge is 0.493 e. The summed E-state index contributed by atoms with van der Waals surface area (Å²) in [5.41, 5.74) is 11.7. The number of aryl methyl sites for hydroxylation is 2. The zero-order valence-electron chi connectivity index (χ0n) is 16.4. The number of aromatic nitrogens is 1. The molecule has 1 heterocycles. The van der Waals surface area contributed by atoms with Crippen LogP contribution in [0.2, 0.25) is 0 Å². The quantitative estimate of drug-likeness (QED) is 0.457. The summed E-state index contributed by atoms with van der Waals surface area (Å²) in [4.78, 5) is 16.6. The number of nitrogens with zero attached hydrogens (tertiary/aromatic N) is 2.